The maximum atomic E-state index is 12.4. The lowest BCUT2D eigenvalue weighted by Gasteiger charge is -2.10. The molecule has 0 saturated heterocycles. The van der Waals surface area contributed by atoms with E-state index in [0.29, 0.717) is 39.1 Å². The number of rotatable bonds is 10. The van der Waals surface area contributed by atoms with Crippen LogP contribution < -0.4 is 20.2 Å². The Morgan fingerprint density at radius 1 is 1.18 bits per heavy atom. The van der Waals surface area contributed by atoms with Crippen LogP contribution in [0.5, 0.6) is 11.5 Å². The van der Waals surface area contributed by atoms with Crippen molar-refractivity contribution in [2.75, 3.05) is 24.4 Å². The second kappa shape index (κ2) is 12.1. The SMILES string of the molecule is COc1cc(/C=N/NC(=O)Cc2nnc(NC(=O)c3ccccc3C)s2)ccc1OCCBr. The number of benzene rings is 2. The fourth-order valence-electron chi connectivity index (χ4n) is 2.76. The molecule has 0 saturated carbocycles. The van der Waals surface area contributed by atoms with E-state index in [9.17, 15) is 9.59 Å². The monoisotopic (exact) mass is 531 g/mol. The van der Waals surface area contributed by atoms with E-state index in [1.54, 1.807) is 37.4 Å². The molecule has 3 aromatic rings. The standard InChI is InChI=1S/C22H22BrN5O4S/c1-14-5-3-4-6-16(14)21(30)25-22-28-27-20(33-22)12-19(29)26-24-13-15-7-8-17(32-10-9-23)18(11-15)31-2/h3-8,11,13H,9-10,12H2,1-2H3,(H,26,29)(H,25,28,30)/b24-13+. The zero-order valence-electron chi connectivity index (χ0n) is 18.0. The first-order valence-corrected chi connectivity index (χ1v) is 11.8. The van der Waals surface area contributed by atoms with Crippen LogP contribution >= 0.6 is 27.3 Å². The largest absolute Gasteiger partial charge is 0.493 e. The molecular weight excluding hydrogens is 510 g/mol. The third kappa shape index (κ3) is 7.09. The number of hydrogen-bond acceptors (Lipinski definition) is 8. The molecule has 9 nitrogen and oxygen atoms in total. The van der Waals surface area contributed by atoms with E-state index >= 15 is 0 Å². The van der Waals surface area contributed by atoms with Crippen LogP contribution in [0.25, 0.3) is 0 Å². The summed E-state index contributed by atoms with van der Waals surface area (Å²) < 4.78 is 10.9. The van der Waals surface area contributed by atoms with Crippen LogP contribution in [0.1, 0.15) is 26.5 Å². The van der Waals surface area contributed by atoms with E-state index < -0.39 is 0 Å². The predicted octanol–water partition coefficient (Wildman–Crippen LogP) is 3.57. The average molecular weight is 532 g/mol. The van der Waals surface area contributed by atoms with Crippen molar-refractivity contribution in [3.63, 3.8) is 0 Å². The Labute approximate surface area is 203 Å². The van der Waals surface area contributed by atoms with Crippen LogP contribution in [-0.4, -0.2) is 47.3 Å². The maximum absolute atomic E-state index is 12.4. The highest BCUT2D eigenvalue weighted by molar-refractivity contribution is 9.09. The molecule has 0 radical (unpaired) electrons. The molecular formula is C22H22BrN5O4S. The number of aromatic nitrogens is 2. The first-order valence-electron chi connectivity index (χ1n) is 9.88. The van der Waals surface area contributed by atoms with Crippen LogP contribution in [-0.2, 0) is 11.2 Å². The van der Waals surface area contributed by atoms with Crippen LogP contribution in [0.15, 0.2) is 47.6 Å². The minimum atomic E-state index is -0.358. The van der Waals surface area contributed by atoms with Crippen molar-refractivity contribution in [3.8, 4) is 11.5 Å². The van der Waals surface area contributed by atoms with Gasteiger partial charge in [0.15, 0.2) is 11.5 Å². The van der Waals surface area contributed by atoms with Gasteiger partial charge in [-0.2, -0.15) is 5.10 Å². The second-order valence-corrected chi connectivity index (χ2v) is 8.54. The summed E-state index contributed by atoms with van der Waals surface area (Å²) in [5.74, 6) is 0.562. The Bertz CT molecular complexity index is 1150. The number of ether oxygens (including phenoxy) is 2. The number of amides is 2. The fraction of sp³-hybridized carbons (Fsp3) is 0.227. The van der Waals surface area contributed by atoms with E-state index in [1.165, 1.54) is 6.21 Å². The van der Waals surface area contributed by atoms with Gasteiger partial charge in [0, 0.05) is 10.9 Å². The predicted molar refractivity (Wildman–Crippen MR) is 131 cm³/mol. The van der Waals surface area contributed by atoms with Gasteiger partial charge in [-0.15, -0.1) is 10.2 Å². The lowest BCUT2D eigenvalue weighted by atomic mass is 10.1. The molecule has 172 valence electrons. The molecule has 3 rings (SSSR count). The summed E-state index contributed by atoms with van der Waals surface area (Å²) in [6.45, 7) is 2.37. The number of nitrogens with one attached hydrogen (secondary N) is 2. The Balaban J connectivity index is 1.52. The minimum absolute atomic E-state index is 0.0160. The summed E-state index contributed by atoms with van der Waals surface area (Å²) in [5, 5.41) is 16.0. The van der Waals surface area contributed by atoms with Crippen molar-refractivity contribution in [2.24, 2.45) is 5.10 Å². The van der Waals surface area contributed by atoms with Crippen molar-refractivity contribution in [1.82, 2.24) is 15.6 Å². The summed E-state index contributed by atoms with van der Waals surface area (Å²) >= 11 is 4.44. The molecule has 0 spiro atoms. The van der Waals surface area contributed by atoms with Crippen LogP contribution in [0.2, 0.25) is 0 Å². The highest BCUT2D eigenvalue weighted by Gasteiger charge is 2.13. The topological polar surface area (TPSA) is 115 Å². The number of carbonyl (C=O) groups excluding carboxylic acids is 2. The van der Waals surface area contributed by atoms with Gasteiger partial charge in [0.25, 0.3) is 5.91 Å². The molecule has 0 aliphatic heterocycles. The lowest BCUT2D eigenvalue weighted by Crippen LogP contribution is -2.19. The quantitative estimate of drug-likeness (QED) is 0.235. The van der Waals surface area contributed by atoms with Gasteiger partial charge in [-0.05, 0) is 42.3 Å². The summed E-state index contributed by atoms with van der Waals surface area (Å²) in [4.78, 5) is 24.5. The van der Waals surface area contributed by atoms with E-state index in [4.69, 9.17) is 9.47 Å². The zero-order valence-corrected chi connectivity index (χ0v) is 20.4. The van der Waals surface area contributed by atoms with Crippen molar-refractivity contribution in [3.05, 3.63) is 64.2 Å². The third-order valence-corrected chi connectivity index (χ3v) is 5.48. The molecule has 0 fully saturated rings. The van der Waals surface area contributed by atoms with Crippen LogP contribution in [0.3, 0.4) is 0 Å². The molecule has 2 amide bonds. The third-order valence-electron chi connectivity index (χ3n) is 4.31. The van der Waals surface area contributed by atoms with Gasteiger partial charge in [-0.1, -0.05) is 45.5 Å². The minimum Gasteiger partial charge on any atom is -0.493 e. The maximum Gasteiger partial charge on any atom is 0.257 e. The molecule has 0 aliphatic rings. The van der Waals surface area contributed by atoms with Gasteiger partial charge >= 0.3 is 0 Å². The van der Waals surface area contributed by atoms with E-state index in [0.717, 1.165) is 22.5 Å². The summed E-state index contributed by atoms with van der Waals surface area (Å²) in [6, 6.07) is 12.6. The number of hydrazone groups is 1. The van der Waals surface area contributed by atoms with Crippen molar-refractivity contribution < 1.29 is 19.1 Å². The van der Waals surface area contributed by atoms with Gasteiger partial charge in [0.05, 0.1) is 26.4 Å². The fourth-order valence-corrected chi connectivity index (χ4v) is 3.65. The number of methoxy groups -OCH3 is 1. The van der Waals surface area contributed by atoms with E-state index in [-0.39, 0.29) is 18.2 Å². The number of anilines is 1. The Hall–Kier alpha value is -3.31. The van der Waals surface area contributed by atoms with E-state index in [2.05, 4.69) is 42.0 Å². The lowest BCUT2D eigenvalue weighted by molar-refractivity contribution is -0.120. The van der Waals surface area contributed by atoms with E-state index in [1.807, 2.05) is 19.1 Å². The number of nitrogens with zero attached hydrogens (tertiary/aromatic N) is 3. The van der Waals surface area contributed by atoms with Gasteiger partial charge < -0.3 is 9.47 Å². The molecule has 11 heteroatoms. The van der Waals surface area contributed by atoms with Gasteiger partial charge in [-0.25, -0.2) is 5.43 Å². The van der Waals surface area contributed by atoms with Gasteiger partial charge in [0.1, 0.15) is 5.01 Å². The van der Waals surface area contributed by atoms with Crippen LogP contribution in [0.4, 0.5) is 5.13 Å². The smallest absolute Gasteiger partial charge is 0.257 e. The normalized spacial score (nSPS) is 10.8. The second-order valence-electron chi connectivity index (χ2n) is 6.69. The van der Waals surface area contributed by atoms with Gasteiger partial charge in [0.2, 0.25) is 11.0 Å². The molecule has 0 aliphatic carbocycles. The Morgan fingerprint density at radius 2 is 2.00 bits per heavy atom. The molecule has 2 aromatic carbocycles. The summed E-state index contributed by atoms with van der Waals surface area (Å²) in [6.07, 6.45) is 1.49. The Morgan fingerprint density at radius 3 is 2.76 bits per heavy atom. The highest BCUT2D eigenvalue weighted by atomic mass is 79.9. The molecule has 2 N–H and O–H groups in total. The summed E-state index contributed by atoms with van der Waals surface area (Å²) in [5.41, 5.74) is 4.60. The summed E-state index contributed by atoms with van der Waals surface area (Å²) in [7, 11) is 1.55. The number of hydrogen-bond donors (Lipinski definition) is 2. The number of halogens is 1. The Kier molecular flexibility index (Phi) is 8.90. The molecule has 1 aromatic heterocycles. The number of alkyl halides is 1. The molecule has 0 atom stereocenters. The number of aryl methyl sites for hydroxylation is 1. The number of carbonyl (C=O) groups is 2. The van der Waals surface area contributed by atoms with Crippen molar-refractivity contribution in [2.45, 2.75) is 13.3 Å². The average Bonchev–Trinajstić information content (AvgIpc) is 3.24. The van der Waals surface area contributed by atoms with Crippen LogP contribution in [0, 0.1) is 6.92 Å². The van der Waals surface area contributed by atoms with Crippen molar-refractivity contribution in [1.29, 1.82) is 0 Å². The van der Waals surface area contributed by atoms with Gasteiger partial charge in [-0.3, -0.25) is 14.9 Å². The first-order chi connectivity index (χ1) is 16.0. The molecule has 33 heavy (non-hydrogen) atoms. The van der Waals surface area contributed by atoms with Crippen molar-refractivity contribution >= 4 is 50.4 Å². The zero-order chi connectivity index (χ0) is 23.6. The first kappa shape index (κ1) is 24.3. The molecule has 0 unspecified atom stereocenters. The molecule has 1 heterocycles. The molecule has 0 bridgehead atoms. The highest BCUT2D eigenvalue weighted by Crippen LogP contribution is 2.27.